The number of rotatable bonds is 10. The molecule has 0 unspecified atom stereocenters. The zero-order valence-corrected chi connectivity index (χ0v) is 20.3. The highest BCUT2D eigenvalue weighted by atomic mass is 35.5. The van der Waals surface area contributed by atoms with Crippen LogP contribution in [0.25, 0.3) is 0 Å². The fourth-order valence-corrected chi connectivity index (χ4v) is 4.34. The molecule has 1 aliphatic rings. The van der Waals surface area contributed by atoms with E-state index in [1.807, 2.05) is 0 Å². The summed E-state index contributed by atoms with van der Waals surface area (Å²) in [7, 11) is 2.11. The number of benzene rings is 1. The van der Waals surface area contributed by atoms with Gasteiger partial charge in [-0.3, -0.25) is 10.1 Å². The number of nitrogens with two attached hydrogens (primary N) is 1. The molecule has 2 heterocycles. The summed E-state index contributed by atoms with van der Waals surface area (Å²) in [5.74, 6) is -2.92. The van der Waals surface area contributed by atoms with Crippen LogP contribution in [0.1, 0.15) is 28.8 Å². The molecule has 34 heavy (non-hydrogen) atoms. The van der Waals surface area contributed by atoms with Crippen LogP contribution in [0, 0.1) is 11.6 Å². The van der Waals surface area contributed by atoms with E-state index in [9.17, 15) is 18.4 Å². The number of amides is 3. The van der Waals surface area contributed by atoms with E-state index < -0.39 is 30.2 Å². The molecule has 4 N–H and O–H groups in total. The molecule has 0 bridgehead atoms. The third kappa shape index (κ3) is 7.23. The zero-order chi connectivity index (χ0) is 24.7. The van der Waals surface area contributed by atoms with E-state index in [2.05, 4.69) is 31.9 Å². The average Bonchev–Trinajstić information content (AvgIpc) is 3.16. The summed E-state index contributed by atoms with van der Waals surface area (Å²) >= 11 is 6.38. The Bertz CT molecular complexity index is 993. The van der Waals surface area contributed by atoms with Crippen molar-refractivity contribution in [2.75, 3.05) is 51.6 Å². The van der Waals surface area contributed by atoms with E-state index in [0.717, 1.165) is 69.2 Å². The lowest BCUT2D eigenvalue weighted by atomic mass is 10.2. The Balaban J connectivity index is 1.48. The Labute approximate surface area is 205 Å². The van der Waals surface area contributed by atoms with Gasteiger partial charge in [0, 0.05) is 37.7 Å². The molecule has 2 aromatic rings. The number of hydrogen-bond donors (Lipinski definition) is 3. The number of nitrogens with one attached hydrogen (secondary N) is 2. The van der Waals surface area contributed by atoms with Crippen molar-refractivity contribution >= 4 is 40.1 Å². The number of hydrogen-bond acceptors (Lipinski definition) is 7. The molecule has 3 amide bonds. The van der Waals surface area contributed by atoms with Crippen LogP contribution in [0.5, 0.6) is 5.88 Å². The Morgan fingerprint density at radius 2 is 1.88 bits per heavy atom. The Morgan fingerprint density at radius 3 is 2.53 bits per heavy atom. The number of halogens is 3. The summed E-state index contributed by atoms with van der Waals surface area (Å²) in [4.78, 5) is 28.8. The van der Waals surface area contributed by atoms with Gasteiger partial charge >= 0.3 is 6.03 Å². The van der Waals surface area contributed by atoms with Crippen LogP contribution in [0.2, 0.25) is 5.02 Å². The van der Waals surface area contributed by atoms with Crippen molar-refractivity contribution < 1.29 is 23.1 Å². The largest absolute Gasteiger partial charge is 0.471 e. The molecule has 1 fully saturated rings. The standard InChI is InChI=1S/C21H27ClF2N6O3S/c1-29-6-8-30(9-7-29)5-3-2-4-26-21(32)27-20-17(18(25)31)19(28-34-20)33-12-14-15(23)10-13(22)11-16(14)24/h10-11H,2-9,12H2,1H3,(H2,25,31)(H2,26,27,32). The minimum absolute atomic E-state index is 0.0782. The van der Waals surface area contributed by atoms with Crippen LogP contribution < -0.4 is 21.1 Å². The first kappa shape index (κ1) is 26.1. The first-order valence-electron chi connectivity index (χ1n) is 10.8. The second kappa shape index (κ2) is 12.2. The number of likely N-dealkylation sites (N-methyl/N-ethyl adjacent to an activating group) is 1. The molecule has 1 aliphatic heterocycles. The summed E-state index contributed by atoms with van der Waals surface area (Å²) in [5, 5.41) is 5.24. The summed E-state index contributed by atoms with van der Waals surface area (Å²) in [6.07, 6.45) is 1.75. The second-order valence-corrected chi connectivity index (χ2v) is 9.14. The fourth-order valence-electron chi connectivity index (χ4n) is 3.41. The number of anilines is 1. The van der Waals surface area contributed by atoms with Gasteiger partial charge in [0.25, 0.3) is 5.91 Å². The van der Waals surface area contributed by atoms with Gasteiger partial charge in [-0.25, -0.2) is 13.6 Å². The van der Waals surface area contributed by atoms with Crippen molar-refractivity contribution in [2.45, 2.75) is 19.4 Å². The van der Waals surface area contributed by atoms with E-state index in [0.29, 0.717) is 6.54 Å². The summed E-state index contributed by atoms with van der Waals surface area (Å²) in [6.45, 7) is 5.12. The Kier molecular flexibility index (Phi) is 9.39. The number of primary amides is 1. The quantitative estimate of drug-likeness (QED) is 0.419. The molecule has 0 atom stereocenters. The summed E-state index contributed by atoms with van der Waals surface area (Å²) in [5.41, 5.74) is 4.85. The monoisotopic (exact) mass is 516 g/mol. The molecule has 9 nitrogen and oxygen atoms in total. The highest BCUT2D eigenvalue weighted by Gasteiger charge is 2.23. The predicted octanol–water partition coefficient (Wildman–Crippen LogP) is 2.90. The summed E-state index contributed by atoms with van der Waals surface area (Å²) < 4.78 is 37.2. The van der Waals surface area contributed by atoms with Gasteiger partial charge in [0.1, 0.15) is 28.8 Å². The molecule has 1 aromatic heterocycles. The summed E-state index contributed by atoms with van der Waals surface area (Å²) in [6, 6.07) is 1.37. The van der Waals surface area contributed by atoms with Crippen LogP contribution in [0.15, 0.2) is 12.1 Å². The van der Waals surface area contributed by atoms with Crippen molar-refractivity contribution in [2.24, 2.45) is 5.73 Å². The van der Waals surface area contributed by atoms with Gasteiger partial charge in [-0.1, -0.05) is 11.6 Å². The van der Waals surface area contributed by atoms with Gasteiger partial charge in [-0.05, 0) is 50.1 Å². The number of ether oxygens (including phenoxy) is 1. The molecular formula is C21H27ClF2N6O3S. The molecular weight excluding hydrogens is 490 g/mol. The lowest BCUT2D eigenvalue weighted by molar-refractivity contribution is 0.0996. The first-order valence-corrected chi connectivity index (χ1v) is 11.9. The van der Waals surface area contributed by atoms with Crippen LogP contribution in [-0.2, 0) is 6.61 Å². The van der Waals surface area contributed by atoms with Gasteiger partial charge in [0.2, 0.25) is 5.88 Å². The lowest BCUT2D eigenvalue weighted by Gasteiger charge is -2.32. The number of nitrogens with zero attached hydrogens (tertiary/aromatic N) is 3. The molecule has 0 spiro atoms. The van der Waals surface area contributed by atoms with Crippen LogP contribution >= 0.6 is 23.1 Å². The van der Waals surface area contributed by atoms with Crippen LogP contribution in [0.4, 0.5) is 18.6 Å². The molecule has 0 saturated carbocycles. The van der Waals surface area contributed by atoms with E-state index in [1.165, 1.54) is 0 Å². The number of carbonyl (C=O) groups excluding carboxylic acids is 2. The molecule has 0 aliphatic carbocycles. The maximum atomic E-state index is 14.0. The molecule has 0 radical (unpaired) electrons. The number of aromatic nitrogens is 1. The smallest absolute Gasteiger partial charge is 0.319 e. The maximum absolute atomic E-state index is 14.0. The first-order chi connectivity index (χ1) is 16.2. The highest BCUT2D eigenvalue weighted by molar-refractivity contribution is 7.11. The van der Waals surface area contributed by atoms with Gasteiger partial charge in [-0.15, -0.1) is 0 Å². The van der Waals surface area contributed by atoms with E-state index in [1.54, 1.807) is 0 Å². The SMILES string of the molecule is CN1CCN(CCCCNC(=O)Nc2snc(OCc3c(F)cc(Cl)cc3F)c2C(N)=O)CC1. The van der Waals surface area contributed by atoms with Crippen molar-refractivity contribution in [1.29, 1.82) is 0 Å². The van der Waals surface area contributed by atoms with Crippen molar-refractivity contribution in [3.63, 3.8) is 0 Å². The van der Waals surface area contributed by atoms with E-state index in [4.69, 9.17) is 22.1 Å². The number of piperazine rings is 1. The Morgan fingerprint density at radius 1 is 1.21 bits per heavy atom. The topological polar surface area (TPSA) is 113 Å². The molecule has 1 saturated heterocycles. The minimum Gasteiger partial charge on any atom is -0.471 e. The second-order valence-electron chi connectivity index (χ2n) is 7.93. The Hall–Kier alpha value is -2.54. The molecule has 13 heteroatoms. The minimum atomic E-state index is -0.900. The normalized spacial score (nSPS) is 14.7. The average molecular weight is 517 g/mol. The predicted molar refractivity (Wildman–Crippen MR) is 127 cm³/mol. The molecule has 186 valence electrons. The van der Waals surface area contributed by atoms with Gasteiger partial charge in [0.15, 0.2) is 0 Å². The third-order valence-corrected chi connectivity index (χ3v) is 6.34. The fraction of sp³-hybridized carbons (Fsp3) is 0.476. The van der Waals surface area contributed by atoms with Crippen LogP contribution in [-0.4, -0.2) is 72.4 Å². The van der Waals surface area contributed by atoms with Crippen molar-refractivity contribution in [3.8, 4) is 5.88 Å². The van der Waals surface area contributed by atoms with E-state index >= 15 is 0 Å². The van der Waals surface area contributed by atoms with E-state index in [-0.39, 0.29) is 27.0 Å². The lowest BCUT2D eigenvalue weighted by Crippen LogP contribution is -2.44. The van der Waals surface area contributed by atoms with Crippen LogP contribution in [0.3, 0.4) is 0 Å². The van der Waals surface area contributed by atoms with Gasteiger partial charge in [0.05, 0.1) is 5.56 Å². The van der Waals surface area contributed by atoms with Gasteiger partial charge < -0.3 is 25.6 Å². The molecule has 3 rings (SSSR count). The van der Waals surface area contributed by atoms with Crippen molar-refractivity contribution in [3.05, 3.63) is 39.9 Å². The highest BCUT2D eigenvalue weighted by Crippen LogP contribution is 2.31. The number of urea groups is 1. The number of carbonyl (C=O) groups is 2. The van der Waals surface area contributed by atoms with Gasteiger partial charge in [-0.2, -0.15) is 4.37 Å². The van der Waals surface area contributed by atoms with Crippen molar-refractivity contribution in [1.82, 2.24) is 19.5 Å². The zero-order valence-electron chi connectivity index (χ0n) is 18.7. The number of unbranched alkanes of at least 4 members (excludes halogenated alkanes) is 1. The third-order valence-electron chi connectivity index (χ3n) is 5.38. The molecule has 1 aromatic carbocycles. The maximum Gasteiger partial charge on any atom is 0.319 e.